The van der Waals surface area contributed by atoms with Gasteiger partial charge in [0.25, 0.3) is 0 Å². The van der Waals surface area contributed by atoms with E-state index >= 15 is 0 Å². The summed E-state index contributed by atoms with van der Waals surface area (Å²) in [5, 5.41) is 9.10. The molecule has 1 aromatic heterocycles. The van der Waals surface area contributed by atoms with Crippen LogP contribution in [-0.2, 0) is 5.41 Å². The van der Waals surface area contributed by atoms with Gasteiger partial charge >= 0.3 is 0 Å². The molecule has 1 aliphatic rings. The SMILES string of the molecule is CCCCCCCCC1(CCCCCCCC)c2ccccc2-c2ccc(-c3cn(-c4ccc(OC)cc4)nn3)cc21. The van der Waals surface area contributed by atoms with Gasteiger partial charge in [0.15, 0.2) is 0 Å². The Balaban J connectivity index is 1.45. The number of fused-ring (bicyclic) bond motifs is 3. The van der Waals surface area contributed by atoms with Crippen LogP contribution in [0.1, 0.15) is 115 Å². The molecule has 4 aromatic rings. The van der Waals surface area contributed by atoms with Gasteiger partial charge in [-0.05, 0) is 65.4 Å². The Morgan fingerprint density at radius 2 is 1.29 bits per heavy atom. The van der Waals surface area contributed by atoms with E-state index in [1.807, 2.05) is 28.9 Å². The Morgan fingerprint density at radius 3 is 1.95 bits per heavy atom. The number of nitrogens with zero attached hydrogens (tertiary/aromatic N) is 3. The second kappa shape index (κ2) is 14.7. The van der Waals surface area contributed by atoms with Crippen LogP contribution in [0, 0.1) is 0 Å². The largest absolute Gasteiger partial charge is 0.497 e. The predicted octanol–water partition coefficient (Wildman–Crippen LogP) is 10.7. The minimum atomic E-state index is 0.0728. The Kier molecular flexibility index (Phi) is 10.5. The third kappa shape index (κ3) is 6.64. The van der Waals surface area contributed by atoms with E-state index in [9.17, 15) is 0 Å². The van der Waals surface area contributed by atoms with Crippen LogP contribution in [0.5, 0.6) is 5.75 Å². The van der Waals surface area contributed by atoms with Crippen molar-refractivity contribution in [3.8, 4) is 33.8 Å². The number of benzene rings is 3. The number of ether oxygens (including phenoxy) is 1. The van der Waals surface area contributed by atoms with Crippen LogP contribution < -0.4 is 4.74 Å². The molecule has 0 unspecified atom stereocenters. The van der Waals surface area contributed by atoms with Gasteiger partial charge in [-0.1, -0.05) is 133 Å². The van der Waals surface area contributed by atoms with Gasteiger partial charge in [0, 0.05) is 11.0 Å². The predicted molar refractivity (Wildman–Crippen MR) is 176 cm³/mol. The summed E-state index contributed by atoms with van der Waals surface area (Å²) in [5.74, 6) is 0.837. The van der Waals surface area contributed by atoms with Gasteiger partial charge in [-0.25, -0.2) is 4.68 Å². The summed E-state index contributed by atoms with van der Waals surface area (Å²) in [7, 11) is 1.69. The maximum absolute atomic E-state index is 5.33. The van der Waals surface area contributed by atoms with Gasteiger partial charge in [-0.3, -0.25) is 0 Å². The maximum Gasteiger partial charge on any atom is 0.119 e. The molecule has 0 saturated carbocycles. The number of aromatic nitrogens is 3. The van der Waals surface area contributed by atoms with Crippen LogP contribution in [0.25, 0.3) is 28.1 Å². The van der Waals surface area contributed by atoms with Crippen molar-refractivity contribution >= 4 is 0 Å². The average molecular weight is 564 g/mol. The minimum absolute atomic E-state index is 0.0728. The molecule has 222 valence electrons. The second-order valence-electron chi connectivity index (χ2n) is 12.2. The lowest BCUT2D eigenvalue weighted by Gasteiger charge is -2.33. The van der Waals surface area contributed by atoms with Crippen LogP contribution in [0.4, 0.5) is 0 Å². The van der Waals surface area contributed by atoms with Gasteiger partial charge in [-0.15, -0.1) is 5.10 Å². The van der Waals surface area contributed by atoms with E-state index in [0.29, 0.717) is 0 Å². The Hall–Kier alpha value is -3.40. The molecule has 0 aliphatic heterocycles. The molecule has 1 aliphatic carbocycles. The Labute approximate surface area is 253 Å². The van der Waals surface area contributed by atoms with Gasteiger partial charge in [0.05, 0.1) is 19.0 Å². The average Bonchev–Trinajstić information content (AvgIpc) is 3.63. The molecule has 0 amide bonds. The lowest BCUT2D eigenvalue weighted by atomic mass is 9.70. The topological polar surface area (TPSA) is 39.9 Å². The normalized spacial score (nSPS) is 13.2. The quantitative estimate of drug-likeness (QED) is 0.120. The van der Waals surface area contributed by atoms with E-state index < -0.39 is 0 Å². The van der Waals surface area contributed by atoms with Crippen molar-refractivity contribution in [3.05, 3.63) is 84.1 Å². The highest BCUT2D eigenvalue weighted by atomic mass is 16.5. The zero-order chi connectivity index (χ0) is 29.2. The first-order chi connectivity index (χ1) is 20.7. The maximum atomic E-state index is 5.33. The van der Waals surface area contributed by atoms with E-state index in [4.69, 9.17) is 4.74 Å². The summed E-state index contributed by atoms with van der Waals surface area (Å²) < 4.78 is 7.19. The molecule has 0 saturated heterocycles. The van der Waals surface area contributed by atoms with Crippen LogP contribution in [-0.4, -0.2) is 22.1 Å². The van der Waals surface area contributed by atoms with E-state index in [-0.39, 0.29) is 5.41 Å². The third-order valence-electron chi connectivity index (χ3n) is 9.31. The molecule has 4 nitrogen and oxygen atoms in total. The summed E-state index contributed by atoms with van der Waals surface area (Å²) >= 11 is 0. The van der Waals surface area contributed by atoms with Crippen LogP contribution in [0.3, 0.4) is 0 Å². The molecule has 42 heavy (non-hydrogen) atoms. The Morgan fingerprint density at radius 1 is 0.667 bits per heavy atom. The summed E-state index contributed by atoms with van der Waals surface area (Å²) in [6.07, 6.45) is 20.5. The molecular formula is C38H49N3O. The Bertz CT molecular complexity index is 1390. The van der Waals surface area contributed by atoms with Gasteiger partial charge in [0.1, 0.15) is 11.4 Å². The van der Waals surface area contributed by atoms with Gasteiger partial charge < -0.3 is 4.74 Å². The first-order valence-corrected chi connectivity index (χ1v) is 16.5. The molecular weight excluding hydrogens is 514 g/mol. The third-order valence-corrected chi connectivity index (χ3v) is 9.31. The molecule has 1 heterocycles. The highest BCUT2D eigenvalue weighted by Crippen LogP contribution is 2.54. The highest BCUT2D eigenvalue weighted by molar-refractivity contribution is 5.83. The van der Waals surface area contributed by atoms with Gasteiger partial charge in [0.2, 0.25) is 0 Å². The fourth-order valence-electron chi connectivity index (χ4n) is 6.95. The summed E-state index contributed by atoms with van der Waals surface area (Å²) in [6, 6.07) is 24.2. The number of unbranched alkanes of at least 4 members (excludes halogenated alkanes) is 10. The van der Waals surface area contributed by atoms with E-state index in [2.05, 4.69) is 72.8 Å². The highest BCUT2D eigenvalue weighted by Gasteiger charge is 2.42. The van der Waals surface area contributed by atoms with Crippen LogP contribution >= 0.6 is 0 Å². The number of methoxy groups -OCH3 is 1. The number of hydrogen-bond acceptors (Lipinski definition) is 3. The molecule has 4 heteroatoms. The van der Waals surface area contributed by atoms with E-state index in [0.717, 1.165) is 22.7 Å². The first-order valence-electron chi connectivity index (χ1n) is 16.5. The number of hydrogen-bond donors (Lipinski definition) is 0. The molecule has 0 radical (unpaired) electrons. The first kappa shape index (κ1) is 30.1. The molecule has 3 aromatic carbocycles. The summed E-state index contributed by atoms with van der Waals surface area (Å²) in [5.41, 5.74) is 9.00. The minimum Gasteiger partial charge on any atom is -0.497 e. The van der Waals surface area contributed by atoms with Crippen LogP contribution in [0.2, 0.25) is 0 Å². The van der Waals surface area contributed by atoms with Crippen molar-refractivity contribution in [2.24, 2.45) is 0 Å². The lowest BCUT2D eigenvalue weighted by Crippen LogP contribution is -2.25. The van der Waals surface area contributed by atoms with E-state index in [1.54, 1.807) is 12.7 Å². The lowest BCUT2D eigenvalue weighted by molar-refractivity contribution is 0.398. The van der Waals surface area contributed by atoms with Crippen molar-refractivity contribution in [1.29, 1.82) is 0 Å². The summed E-state index contributed by atoms with van der Waals surface area (Å²) in [6.45, 7) is 4.60. The second-order valence-corrected chi connectivity index (χ2v) is 12.2. The molecule has 0 bridgehead atoms. The monoisotopic (exact) mass is 563 g/mol. The molecule has 0 fully saturated rings. The molecule has 0 N–H and O–H groups in total. The van der Waals surface area contributed by atoms with Crippen molar-refractivity contribution < 1.29 is 4.74 Å². The van der Waals surface area contributed by atoms with Crippen molar-refractivity contribution in [2.75, 3.05) is 7.11 Å². The smallest absolute Gasteiger partial charge is 0.119 e. The fraction of sp³-hybridized carbons (Fsp3) is 0.474. The van der Waals surface area contributed by atoms with E-state index in [1.165, 1.54) is 107 Å². The zero-order valence-corrected chi connectivity index (χ0v) is 26.1. The van der Waals surface area contributed by atoms with Crippen LogP contribution in [0.15, 0.2) is 72.9 Å². The number of rotatable bonds is 17. The zero-order valence-electron chi connectivity index (χ0n) is 26.1. The molecule has 0 atom stereocenters. The summed E-state index contributed by atoms with van der Waals surface area (Å²) in [4.78, 5) is 0. The fourth-order valence-corrected chi connectivity index (χ4v) is 6.95. The standard InChI is InChI=1S/C38H49N3O/c1-4-6-8-10-12-16-26-38(27-17-13-11-9-7-5-2)35-19-15-14-18-33(35)34-25-20-30(28-36(34)38)37-29-41(40-39-37)31-21-23-32(42-3)24-22-31/h14-15,18-25,28-29H,4-13,16-17,26-27H2,1-3H3. The van der Waals surface area contributed by atoms with Crippen molar-refractivity contribution in [1.82, 2.24) is 15.0 Å². The van der Waals surface area contributed by atoms with Crippen molar-refractivity contribution in [2.45, 2.75) is 109 Å². The van der Waals surface area contributed by atoms with Gasteiger partial charge in [-0.2, -0.15) is 0 Å². The molecule has 0 spiro atoms. The van der Waals surface area contributed by atoms with Crippen molar-refractivity contribution in [3.63, 3.8) is 0 Å². The molecule has 5 rings (SSSR count).